The highest BCUT2D eigenvalue weighted by molar-refractivity contribution is 5.85. The number of hydrogen-bond donors (Lipinski definition) is 2. The van der Waals surface area contributed by atoms with Crippen LogP contribution in [0.25, 0.3) is 5.65 Å². The van der Waals surface area contributed by atoms with Gasteiger partial charge in [-0.3, -0.25) is 9.48 Å². The minimum absolute atomic E-state index is 0. The molecule has 3 aromatic rings. The maximum Gasteiger partial charge on any atom is 0.225 e. The van der Waals surface area contributed by atoms with Crippen LogP contribution in [-0.2, 0) is 18.4 Å². The standard InChI is InChI=1S/C18H22N6O.2ClH/c1-12-3-4-24-11-14(22-17(24)5-12)7-20-18(25)16-9-19-8-15(16)13-6-21-23(2)10-13;;/h3-6,10-11,15-16,19H,7-9H2,1-2H3,(H,20,25);2*1H/t15-,16+;;/m1../s1. The van der Waals surface area contributed by atoms with E-state index in [1.54, 1.807) is 4.68 Å². The molecule has 7 nitrogen and oxygen atoms in total. The summed E-state index contributed by atoms with van der Waals surface area (Å²) in [4.78, 5) is 17.2. The average molecular weight is 411 g/mol. The topological polar surface area (TPSA) is 76.2 Å². The summed E-state index contributed by atoms with van der Waals surface area (Å²) in [5, 5.41) is 10.6. The average Bonchev–Trinajstić information content (AvgIpc) is 3.30. The molecular weight excluding hydrogens is 387 g/mol. The summed E-state index contributed by atoms with van der Waals surface area (Å²) in [7, 11) is 1.89. The van der Waals surface area contributed by atoms with Gasteiger partial charge < -0.3 is 15.0 Å². The molecule has 2 atom stereocenters. The molecule has 146 valence electrons. The van der Waals surface area contributed by atoms with Crippen LogP contribution in [0.15, 0.2) is 36.9 Å². The van der Waals surface area contributed by atoms with Crippen molar-refractivity contribution in [2.24, 2.45) is 13.0 Å². The summed E-state index contributed by atoms with van der Waals surface area (Å²) in [5.74, 6) is 0.146. The Bertz CT molecular complexity index is 922. The Labute approximate surface area is 170 Å². The van der Waals surface area contributed by atoms with Crippen LogP contribution in [0, 0.1) is 12.8 Å². The Morgan fingerprint density at radius 2 is 2.15 bits per heavy atom. The summed E-state index contributed by atoms with van der Waals surface area (Å²) >= 11 is 0. The molecule has 1 amide bonds. The summed E-state index contributed by atoms with van der Waals surface area (Å²) in [6.07, 6.45) is 7.79. The fraction of sp³-hybridized carbons (Fsp3) is 0.389. The molecule has 1 fully saturated rings. The summed E-state index contributed by atoms with van der Waals surface area (Å²) in [6.45, 7) is 3.98. The van der Waals surface area contributed by atoms with Crippen molar-refractivity contribution in [1.82, 2.24) is 29.8 Å². The highest BCUT2D eigenvalue weighted by atomic mass is 35.5. The number of fused-ring (bicyclic) bond motifs is 1. The SMILES string of the molecule is Cc1ccn2cc(CNC(=O)[C@H]3CNC[C@@H]3c3cnn(C)c3)nc2c1.Cl.Cl. The van der Waals surface area contributed by atoms with E-state index in [1.165, 1.54) is 5.56 Å². The maximum atomic E-state index is 12.7. The summed E-state index contributed by atoms with van der Waals surface area (Å²) in [5.41, 5.74) is 4.05. The third-order valence-electron chi connectivity index (χ3n) is 4.81. The van der Waals surface area contributed by atoms with E-state index < -0.39 is 0 Å². The van der Waals surface area contributed by atoms with E-state index in [4.69, 9.17) is 0 Å². The van der Waals surface area contributed by atoms with Crippen LogP contribution in [0.1, 0.15) is 22.7 Å². The molecule has 4 heterocycles. The molecule has 1 saturated heterocycles. The fourth-order valence-electron chi connectivity index (χ4n) is 3.47. The summed E-state index contributed by atoms with van der Waals surface area (Å²) < 4.78 is 3.76. The first-order valence-corrected chi connectivity index (χ1v) is 8.51. The highest BCUT2D eigenvalue weighted by Crippen LogP contribution is 2.27. The van der Waals surface area contributed by atoms with Gasteiger partial charge in [0.1, 0.15) is 5.65 Å². The van der Waals surface area contributed by atoms with E-state index in [0.717, 1.165) is 23.4 Å². The van der Waals surface area contributed by atoms with E-state index in [2.05, 4.69) is 20.7 Å². The predicted molar refractivity (Wildman–Crippen MR) is 109 cm³/mol. The van der Waals surface area contributed by atoms with Gasteiger partial charge >= 0.3 is 0 Å². The van der Waals surface area contributed by atoms with Gasteiger partial charge in [-0.25, -0.2) is 4.98 Å². The van der Waals surface area contributed by atoms with Gasteiger partial charge in [-0.2, -0.15) is 5.10 Å². The van der Waals surface area contributed by atoms with Crippen molar-refractivity contribution >= 4 is 36.4 Å². The lowest BCUT2D eigenvalue weighted by molar-refractivity contribution is -0.125. The van der Waals surface area contributed by atoms with Crippen LogP contribution in [0.5, 0.6) is 0 Å². The van der Waals surface area contributed by atoms with Gasteiger partial charge in [0, 0.05) is 44.6 Å². The molecule has 0 unspecified atom stereocenters. The third kappa shape index (κ3) is 4.43. The Morgan fingerprint density at radius 3 is 2.89 bits per heavy atom. The molecule has 0 spiro atoms. The molecule has 0 radical (unpaired) electrons. The van der Waals surface area contributed by atoms with Crippen molar-refractivity contribution in [3.05, 3.63) is 53.7 Å². The van der Waals surface area contributed by atoms with Crippen LogP contribution in [0.3, 0.4) is 0 Å². The first kappa shape index (κ1) is 21.2. The van der Waals surface area contributed by atoms with E-state index in [9.17, 15) is 4.79 Å². The molecule has 0 aliphatic carbocycles. The van der Waals surface area contributed by atoms with Crippen molar-refractivity contribution in [2.45, 2.75) is 19.4 Å². The van der Waals surface area contributed by atoms with Gasteiger partial charge in [-0.1, -0.05) is 0 Å². The summed E-state index contributed by atoms with van der Waals surface area (Å²) in [6, 6.07) is 4.07. The number of aryl methyl sites for hydroxylation is 2. The Morgan fingerprint density at radius 1 is 1.33 bits per heavy atom. The Kier molecular flexibility index (Phi) is 6.86. The molecule has 0 bridgehead atoms. The number of nitrogens with one attached hydrogen (secondary N) is 2. The van der Waals surface area contributed by atoms with Crippen molar-refractivity contribution in [2.75, 3.05) is 13.1 Å². The van der Waals surface area contributed by atoms with Crippen LogP contribution < -0.4 is 10.6 Å². The van der Waals surface area contributed by atoms with Gasteiger partial charge in [0.15, 0.2) is 0 Å². The second-order valence-electron chi connectivity index (χ2n) is 6.74. The molecular formula is C18H24Cl2N6O. The number of rotatable bonds is 4. The van der Waals surface area contributed by atoms with Gasteiger partial charge in [0.2, 0.25) is 5.91 Å². The van der Waals surface area contributed by atoms with E-state index in [0.29, 0.717) is 13.1 Å². The van der Waals surface area contributed by atoms with Crippen molar-refractivity contribution < 1.29 is 4.79 Å². The van der Waals surface area contributed by atoms with Crippen molar-refractivity contribution in [1.29, 1.82) is 0 Å². The second kappa shape index (κ2) is 8.73. The maximum absolute atomic E-state index is 12.7. The molecule has 9 heteroatoms. The third-order valence-corrected chi connectivity index (χ3v) is 4.81. The highest BCUT2D eigenvalue weighted by Gasteiger charge is 2.34. The number of pyridine rings is 1. The zero-order valence-electron chi connectivity index (χ0n) is 15.3. The van der Waals surface area contributed by atoms with E-state index >= 15 is 0 Å². The first-order chi connectivity index (χ1) is 12.1. The molecule has 27 heavy (non-hydrogen) atoms. The minimum atomic E-state index is -0.0801. The molecule has 2 N–H and O–H groups in total. The lowest BCUT2D eigenvalue weighted by Gasteiger charge is -2.16. The van der Waals surface area contributed by atoms with Gasteiger partial charge in [0.25, 0.3) is 0 Å². The predicted octanol–water partition coefficient (Wildman–Crippen LogP) is 1.84. The molecule has 4 rings (SSSR count). The molecule has 1 aliphatic rings. The van der Waals surface area contributed by atoms with Gasteiger partial charge in [0.05, 0.1) is 24.4 Å². The minimum Gasteiger partial charge on any atom is -0.350 e. The number of amides is 1. The quantitative estimate of drug-likeness (QED) is 0.687. The number of carbonyl (C=O) groups is 1. The number of aromatic nitrogens is 4. The monoisotopic (exact) mass is 410 g/mol. The normalized spacial score (nSPS) is 18.7. The van der Waals surface area contributed by atoms with Crippen LogP contribution >= 0.6 is 24.8 Å². The number of hydrogen-bond acceptors (Lipinski definition) is 4. The van der Waals surface area contributed by atoms with Gasteiger partial charge in [-0.05, 0) is 30.2 Å². The molecule has 0 aromatic carbocycles. The van der Waals surface area contributed by atoms with Crippen molar-refractivity contribution in [3.8, 4) is 0 Å². The number of carbonyl (C=O) groups excluding carboxylic acids is 1. The Balaban J connectivity index is 0.00000131. The lowest BCUT2D eigenvalue weighted by atomic mass is 9.90. The van der Waals surface area contributed by atoms with E-state index in [1.807, 2.05) is 55.3 Å². The smallest absolute Gasteiger partial charge is 0.225 e. The lowest BCUT2D eigenvalue weighted by Crippen LogP contribution is -2.34. The van der Waals surface area contributed by atoms with Crippen molar-refractivity contribution in [3.63, 3.8) is 0 Å². The van der Waals surface area contributed by atoms with E-state index in [-0.39, 0.29) is 42.6 Å². The van der Waals surface area contributed by atoms with Crippen LogP contribution in [0.2, 0.25) is 0 Å². The molecule has 3 aromatic heterocycles. The number of halogens is 2. The zero-order chi connectivity index (χ0) is 17.4. The zero-order valence-corrected chi connectivity index (χ0v) is 16.9. The largest absolute Gasteiger partial charge is 0.350 e. The van der Waals surface area contributed by atoms with Crippen LogP contribution in [-0.4, -0.2) is 38.2 Å². The van der Waals surface area contributed by atoms with Crippen LogP contribution in [0.4, 0.5) is 0 Å². The fourth-order valence-corrected chi connectivity index (χ4v) is 3.47. The first-order valence-electron chi connectivity index (χ1n) is 8.51. The molecule has 0 saturated carbocycles. The Hall–Kier alpha value is -2.09. The number of nitrogens with zero attached hydrogens (tertiary/aromatic N) is 4. The molecule has 1 aliphatic heterocycles. The number of imidazole rings is 1. The van der Waals surface area contributed by atoms with Gasteiger partial charge in [-0.15, -0.1) is 24.8 Å². The second-order valence-corrected chi connectivity index (χ2v) is 6.74.